The SMILES string of the molecule is O=C(Nc1ccccc1)Nc1cc(-c2ccc(Cl)cc2)sc1C(=O)N[C@H]1CCCNC1. The number of thiophene rings is 1. The molecular formula is C23H23ClN4O2S. The van der Waals surface area contributed by atoms with Crippen LogP contribution in [0.4, 0.5) is 16.2 Å². The maximum absolute atomic E-state index is 13.1. The van der Waals surface area contributed by atoms with Gasteiger partial charge in [0.05, 0.1) is 5.69 Å². The Morgan fingerprint density at radius 1 is 1.03 bits per heavy atom. The first-order valence-corrected chi connectivity index (χ1v) is 11.3. The standard InChI is InChI=1S/C23H23ClN4O2S/c24-16-10-8-15(9-11-16)20-13-19(28-23(30)27-17-5-2-1-3-6-17)21(31-20)22(29)26-18-7-4-12-25-14-18/h1-3,5-6,8-11,13,18,25H,4,7,12,14H2,(H,26,29)(H2,27,28,30)/t18-/m0/s1. The smallest absolute Gasteiger partial charge is 0.323 e. The van der Waals surface area contributed by atoms with E-state index in [1.54, 1.807) is 24.3 Å². The third-order valence-corrected chi connectivity index (χ3v) is 6.41. The van der Waals surface area contributed by atoms with Gasteiger partial charge in [-0.15, -0.1) is 11.3 Å². The molecule has 4 rings (SSSR count). The van der Waals surface area contributed by atoms with E-state index in [1.807, 2.05) is 36.4 Å². The summed E-state index contributed by atoms with van der Waals surface area (Å²) in [5, 5.41) is 12.7. The molecule has 0 unspecified atom stereocenters. The quantitative estimate of drug-likeness (QED) is 0.428. The van der Waals surface area contributed by atoms with Crippen molar-refractivity contribution in [1.29, 1.82) is 0 Å². The minimum Gasteiger partial charge on any atom is -0.347 e. The summed E-state index contributed by atoms with van der Waals surface area (Å²) in [6.45, 7) is 1.72. The zero-order valence-electron chi connectivity index (χ0n) is 16.8. The maximum atomic E-state index is 13.1. The highest BCUT2D eigenvalue weighted by Gasteiger charge is 2.22. The monoisotopic (exact) mass is 454 g/mol. The number of hydrogen-bond acceptors (Lipinski definition) is 4. The Bertz CT molecular complexity index is 1050. The van der Waals surface area contributed by atoms with Crippen LogP contribution in [-0.4, -0.2) is 31.1 Å². The molecule has 1 saturated heterocycles. The number of nitrogens with one attached hydrogen (secondary N) is 4. The largest absolute Gasteiger partial charge is 0.347 e. The molecule has 0 bridgehead atoms. The molecular weight excluding hydrogens is 432 g/mol. The molecule has 0 radical (unpaired) electrons. The number of anilines is 2. The van der Waals surface area contributed by atoms with Gasteiger partial charge < -0.3 is 21.3 Å². The van der Waals surface area contributed by atoms with E-state index in [9.17, 15) is 9.59 Å². The van der Waals surface area contributed by atoms with Crippen molar-refractivity contribution in [3.05, 3.63) is 70.6 Å². The first-order valence-electron chi connectivity index (χ1n) is 10.1. The molecule has 2 aromatic carbocycles. The number of para-hydroxylation sites is 1. The van der Waals surface area contributed by atoms with Crippen molar-refractivity contribution in [3.8, 4) is 10.4 Å². The Morgan fingerprint density at radius 2 is 1.81 bits per heavy atom. The van der Waals surface area contributed by atoms with E-state index in [0.29, 0.717) is 21.3 Å². The first-order chi connectivity index (χ1) is 15.1. The van der Waals surface area contributed by atoms with E-state index < -0.39 is 6.03 Å². The van der Waals surface area contributed by atoms with Crippen LogP contribution in [0.1, 0.15) is 22.5 Å². The molecule has 31 heavy (non-hydrogen) atoms. The Kier molecular flexibility index (Phi) is 6.86. The number of piperidine rings is 1. The van der Waals surface area contributed by atoms with Crippen LogP contribution in [0.5, 0.6) is 0 Å². The highest BCUT2D eigenvalue weighted by atomic mass is 35.5. The Balaban J connectivity index is 1.57. The zero-order valence-corrected chi connectivity index (χ0v) is 18.4. The van der Waals surface area contributed by atoms with Crippen LogP contribution in [0, 0.1) is 0 Å². The Morgan fingerprint density at radius 3 is 2.52 bits per heavy atom. The van der Waals surface area contributed by atoms with Gasteiger partial charge in [-0.2, -0.15) is 0 Å². The molecule has 0 spiro atoms. The average Bonchev–Trinajstić information content (AvgIpc) is 3.19. The van der Waals surface area contributed by atoms with Crippen molar-refractivity contribution in [2.24, 2.45) is 0 Å². The summed E-state index contributed by atoms with van der Waals surface area (Å²) in [6.07, 6.45) is 1.96. The fraction of sp³-hybridized carbons (Fsp3) is 0.217. The predicted octanol–water partition coefficient (Wildman–Crippen LogP) is 5.19. The van der Waals surface area contributed by atoms with Gasteiger partial charge in [0.2, 0.25) is 0 Å². The van der Waals surface area contributed by atoms with Crippen LogP contribution < -0.4 is 21.3 Å². The van der Waals surface area contributed by atoms with E-state index >= 15 is 0 Å². The lowest BCUT2D eigenvalue weighted by Crippen LogP contribution is -2.45. The molecule has 1 aromatic heterocycles. The molecule has 1 aliphatic heterocycles. The molecule has 0 saturated carbocycles. The zero-order chi connectivity index (χ0) is 21.6. The molecule has 6 nitrogen and oxygen atoms in total. The van der Waals surface area contributed by atoms with Gasteiger partial charge in [-0.1, -0.05) is 41.9 Å². The third kappa shape index (κ3) is 5.64. The number of urea groups is 1. The fourth-order valence-corrected chi connectivity index (χ4v) is 4.59. The van der Waals surface area contributed by atoms with Crippen molar-refractivity contribution in [1.82, 2.24) is 10.6 Å². The number of halogens is 1. The summed E-state index contributed by atoms with van der Waals surface area (Å²) in [5.41, 5.74) is 2.08. The number of rotatable bonds is 5. The maximum Gasteiger partial charge on any atom is 0.323 e. The summed E-state index contributed by atoms with van der Waals surface area (Å²) in [6, 6.07) is 18.1. The molecule has 1 fully saturated rings. The minimum absolute atomic E-state index is 0.0772. The molecule has 8 heteroatoms. The van der Waals surface area contributed by atoms with Crippen LogP contribution in [0.3, 0.4) is 0 Å². The van der Waals surface area contributed by atoms with Crippen molar-refractivity contribution in [2.45, 2.75) is 18.9 Å². The van der Waals surface area contributed by atoms with E-state index in [1.165, 1.54) is 11.3 Å². The van der Waals surface area contributed by atoms with Crippen molar-refractivity contribution in [3.63, 3.8) is 0 Å². The van der Waals surface area contributed by atoms with Crippen LogP contribution in [0.15, 0.2) is 60.7 Å². The summed E-state index contributed by atoms with van der Waals surface area (Å²) >= 11 is 7.35. The molecule has 3 amide bonds. The lowest BCUT2D eigenvalue weighted by molar-refractivity contribution is 0.0935. The van der Waals surface area contributed by atoms with E-state index in [4.69, 9.17) is 11.6 Å². The molecule has 1 atom stereocenters. The molecule has 1 aliphatic rings. The Hall–Kier alpha value is -2.87. The van der Waals surface area contributed by atoms with Gasteiger partial charge >= 0.3 is 6.03 Å². The second kappa shape index (κ2) is 9.96. The van der Waals surface area contributed by atoms with Crippen molar-refractivity contribution in [2.75, 3.05) is 23.7 Å². The molecule has 0 aliphatic carbocycles. The van der Waals surface area contributed by atoms with E-state index in [0.717, 1.165) is 36.4 Å². The lowest BCUT2D eigenvalue weighted by atomic mass is 10.1. The topological polar surface area (TPSA) is 82.3 Å². The molecule has 160 valence electrons. The van der Waals surface area contributed by atoms with Gasteiger partial charge in [0, 0.05) is 28.2 Å². The van der Waals surface area contributed by atoms with Crippen LogP contribution in [-0.2, 0) is 0 Å². The normalized spacial score (nSPS) is 15.8. The summed E-state index contributed by atoms with van der Waals surface area (Å²) in [5.74, 6) is -0.186. The predicted molar refractivity (Wildman–Crippen MR) is 127 cm³/mol. The minimum atomic E-state index is -0.403. The van der Waals surface area contributed by atoms with E-state index in [-0.39, 0.29) is 11.9 Å². The van der Waals surface area contributed by atoms with Gasteiger partial charge in [0.25, 0.3) is 5.91 Å². The average molecular weight is 455 g/mol. The number of carbonyl (C=O) groups excluding carboxylic acids is 2. The second-order valence-electron chi connectivity index (χ2n) is 7.32. The van der Waals surface area contributed by atoms with Gasteiger partial charge in [0.1, 0.15) is 4.88 Å². The highest BCUT2D eigenvalue weighted by molar-refractivity contribution is 7.18. The second-order valence-corrected chi connectivity index (χ2v) is 8.81. The fourth-order valence-electron chi connectivity index (χ4n) is 3.44. The van der Waals surface area contributed by atoms with Gasteiger partial charge in [-0.3, -0.25) is 4.79 Å². The molecule has 4 N–H and O–H groups in total. The highest BCUT2D eigenvalue weighted by Crippen LogP contribution is 2.35. The van der Waals surface area contributed by atoms with Crippen molar-refractivity contribution < 1.29 is 9.59 Å². The Labute approximate surface area is 190 Å². The van der Waals surface area contributed by atoms with E-state index in [2.05, 4.69) is 21.3 Å². The van der Waals surface area contributed by atoms with Gasteiger partial charge in [-0.05, 0) is 55.3 Å². The molecule has 3 aromatic rings. The summed E-state index contributed by atoms with van der Waals surface area (Å²) in [4.78, 5) is 27.0. The number of hydrogen-bond donors (Lipinski definition) is 4. The van der Waals surface area contributed by atoms with Gasteiger partial charge in [0.15, 0.2) is 0 Å². The van der Waals surface area contributed by atoms with Crippen LogP contribution in [0.25, 0.3) is 10.4 Å². The molecule has 2 heterocycles. The third-order valence-electron chi connectivity index (χ3n) is 4.98. The summed E-state index contributed by atoms with van der Waals surface area (Å²) < 4.78 is 0. The number of amides is 3. The van der Waals surface area contributed by atoms with Gasteiger partial charge in [-0.25, -0.2) is 4.79 Å². The summed E-state index contributed by atoms with van der Waals surface area (Å²) in [7, 11) is 0. The number of benzene rings is 2. The van der Waals surface area contributed by atoms with Crippen molar-refractivity contribution >= 4 is 46.3 Å². The van der Waals surface area contributed by atoms with Crippen LogP contribution in [0.2, 0.25) is 5.02 Å². The lowest BCUT2D eigenvalue weighted by Gasteiger charge is -2.23. The number of carbonyl (C=O) groups is 2. The first kappa shape index (κ1) is 21.4. The van der Waals surface area contributed by atoms with Crippen LogP contribution >= 0.6 is 22.9 Å².